The van der Waals surface area contributed by atoms with E-state index in [1.54, 1.807) is 0 Å². The van der Waals surface area contributed by atoms with Crippen LogP contribution in [0.4, 0.5) is 13.2 Å². The Labute approximate surface area is 100 Å². The number of aliphatic carboxylic acids is 1. The maximum atomic E-state index is 12.3. The number of carboxylic acids is 1. The van der Waals surface area contributed by atoms with Gasteiger partial charge < -0.3 is 5.11 Å². The van der Waals surface area contributed by atoms with Crippen LogP contribution in [0.25, 0.3) is 0 Å². The van der Waals surface area contributed by atoms with Gasteiger partial charge in [-0.1, -0.05) is 0 Å². The number of thioether (sulfide) groups is 1. The van der Waals surface area contributed by atoms with E-state index in [-0.39, 0.29) is 22.4 Å². The zero-order valence-corrected chi connectivity index (χ0v) is 10.1. The third-order valence-corrected chi connectivity index (χ3v) is 4.96. The van der Waals surface area contributed by atoms with Crippen molar-refractivity contribution in [2.45, 2.75) is 18.0 Å². The van der Waals surface area contributed by atoms with Gasteiger partial charge in [0.05, 0.1) is 6.42 Å². The first kappa shape index (κ1) is 14.6. The second-order valence-electron chi connectivity index (χ2n) is 3.39. The Balaban J connectivity index is 2.96. The van der Waals surface area contributed by atoms with Crippen LogP contribution in [0.15, 0.2) is 0 Å². The maximum Gasteiger partial charge on any atom is 0.511 e. The van der Waals surface area contributed by atoms with Gasteiger partial charge >= 0.3 is 21.5 Å². The lowest BCUT2D eigenvalue weighted by Crippen LogP contribution is -2.51. The van der Waals surface area contributed by atoms with Crippen LogP contribution in [0.5, 0.6) is 0 Å². The minimum absolute atomic E-state index is 0.0572. The highest BCUT2D eigenvalue weighted by Gasteiger charge is 2.52. The van der Waals surface area contributed by atoms with Crippen LogP contribution >= 0.6 is 11.8 Å². The van der Waals surface area contributed by atoms with E-state index in [4.69, 9.17) is 5.11 Å². The van der Waals surface area contributed by atoms with Gasteiger partial charge in [0.25, 0.3) is 0 Å². The molecule has 0 saturated carbocycles. The number of nitrogens with zero attached hydrogens (tertiary/aromatic N) is 1. The van der Waals surface area contributed by atoms with Gasteiger partial charge in [0, 0.05) is 24.1 Å². The molecule has 0 aromatic carbocycles. The van der Waals surface area contributed by atoms with Crippen molar-refractivity contribution in [1.82, 2.24) is 4.31 Å². The number of halogens is 3. The number of carboxylic acid groups (broad SMARTS) is 1. The van der Waals surface area contributed by atoms with Gasteiger partial charge in [-0.05, 0) is 0 Å². The molecule has 100 valence electrons. The summed E-state index contributed by atoms with van der Waals surface area (Å²) in [5.74, 6) is -1.03. The Kier molecular flexibility index (Phi) is 4.31. The first-order valence-electron chi connectivity index (χ1n) is 4.54. The van der Waals surface area contributed by atoms with Gasteiger partial charge in [-0.2, -0.15) is 29.2 Å². The minimum atomic E-state index is -5.44. The summed E-state index contributed by atoms with van der Waals surface area (Å²) >= 11 is 1.24. The van der Waals surface area contributed by atoms with E-state index in [2.05, 4.69) is 0 Å². The van der Waals surface area contributed by atoms with Crippen molar-refractivity contribution in [2.24, 2.45) is 0 Å². The van der Waals surface area contributed by atoms with Gasteiger partial charge in [0.2, 0.25) is 0 Å². The van der Waals surface area contributed by atoms with Crippen molar-refractivity contribution < 1.29 is 31.5 Å². The van der Waals surface area contributed by atoms with Gasteiger partial charge in [-0.25, -0.2) is 8.42 Å². The number of sulfonamides is 1. The van der Waals surface area contributed by atoms with E-state index < -0.39 is 34.0 Å². The summed E-state index contributed by atoms with van der Waals surface area (Å²) in [4.78, 5) is 10.5. The zero-order valence-electron chi connectivity index (χ0n) is 8.48. The number of hydrogen-bond donors (Lipinski definition) is 1. The van der Waals surface area contributed by atoms with E-state index in [0.29, 0.717) is 0 Å². The summed E-state index contributed by atoms with van der Waals surface area (Å²) in [6.07, 6.45) is -0.623. The van der Waals surface area contributed by atoms with Gasteiger partial charge in [-0.15, -0.1) is 0 Å². The SMILES string of the molecule is O=C(O)CC1CSCCN1S(=O)(=O)C(F)(F)F. The molecule has 0 spiro atoms. The van der Waals surface area contributed by atoms with Crippen molar-refractivity contribution in [3.8, 4) is 0 Å². The monoisotopic (exact) mass is 293 g/mol. The summed E-state index contributed by atoms with van der Waals surface area (Å²) in [5, 5.41) is 8.54. The summed E-state index contributed by atoms with van der Waals surface area (Å²) in [5.41, 5.74) is -5.38. The first-order valence-corrected chi connectivity index (χ1v) is 7.13. The third-order valence-electron chi connectivity index (χ3n) is 2.18. The number of alkyl halides is 3. The molecule has 1 rings (SSSR count). The van der Waals surface area contributed by atoms with Crippen LogP contribution in [0.1, 0.15) is 6.42 Å². The average molecular weight is 293 g/mol. The predicted molar refractivity (Wildman–Crippen MR) is 55.0 cm³/mol. The third kappa shape index (κ3) is 3.26. The van der Waals surface area contributed by atoms with Crippen LogP contribution in [0, 0.1) is 0 Å². The Morgan fingerprint density at radius 2 is 2.06 bits per heavy atom. The molecule has 1 unspecified atom stereocenters. The van der Waals surface area contributed by atoms with Gasteiger partial charge in [-0.3, -0.25) is 4.79 Å². The molecule has 1 saturated heterocycles. The van der Waals surface area contributed by atoms with Gasteiger partial charge in [0.15, 0.2) is 0 Å². The normalized spacial score (nSPS) is 23.6. The molecule has 0 aromatic heterocycles. The standard InChI is InChI=1S/C7H10F3NO4S2/c8-7(9,10)17(14,15)11-1-2-16-4-5(11)3-6(12)13/h5H,1-4H2,(H,12,13). The quantitative estimate of drug-likeness (QED) is 0.830. The van der Waals surface area contributed by atoms with Gasteiger partial charge in [0.1, 0.15) is 0 Å². The fraction of sp³-hybridized carbons (Fsp3) is 0.857. The Hall–Kier alpha value is -0.480. The molecule has 1 fully saturated rings. The molecule has 1 aliphatic rings. The minimum Gasteiger partial charge on any atom is -0.481 e. The number of hydrogen-bond acceptors (Lipinski definition) is 4. The summed E-state index contributed by atoms with van der Waals surface area (Å²) in [6, 6.07) is -1.14. The van der Waals surface area contributed by atoms with Crippen molar-refractivity contribution in [3.63, 3.8) is 0 Å². The highest BCUT2D eigenvalue weighted by atomic mass is 32.2. The Morgan fingerprint density at radius 3 is 2.53 bits per heavy atom. The molecule has 1 N–H and O–H groups in total. The molecular formula is C7H10F3NO4S2. The molecule has 17 heavy (non-hydrogen) atoms. The highest BCUT2D eigenvalue weighted by Crippen LogP contribution is 2.32. The molecule has 0 amide bonds. The fourth-order valence-corrected chi connectivity index (χ4v) is 3.86. The molecule has 1 aliphatic heterocycles. The second kappa shape index (κ2) is 5.02. The van der Waals surface area contributed by atoms with Crippen molar-refractivity contribution >= 4 is 27.8 Å². The lowest BCUT2D eigenvalue weighted by molar-refractivity contribution is -0.138. The van der Waals surface area contributed by atoms with Crippen molar-refractivity contribution in [1.29, 1.82) is 0 Å². The number of carbonyl (C=O) groups is 1. The average Bonchev–Trinajstić information content (AvgIpc) is 2.15. The largest absolute Gasteiger partial charge is 0.511 e. The maximum absolute atomic E-state index is 12.3. The zero-order chi connectivity index (χ0) is 13.3. The van der Waals surface area contributed by atoms with E-state index >= 15 is 0 Å². The molecule has 1 heterocycles. The molecule has 1 atom stereocenters. The topological polar surface area (TPSA) is 74.7 Å². The van der Waals surface area contributed by atoms with Crippen LogP contribution in [-0.4, -0.2) is 53.4 Å². The van der Waals surface area contributed by atoms with E-state index in [0.717, 1.165) is 0 Å². The molecule has 0 bridgehead atoms. The second-order valence-corrected chi connectivity index (χ2v) is 6.42. The van der Waals surface area contributed by atoms with Crippen molar-refractivity contribution in [3.05, 3.63) is 0 Å². The van der Waals surface area contributed by atoms with Crippen molar-refractivity contribution in [2.75, 3.05) is 18.1 Å². The summed E-state index contributed by atoms with van der Waals surface area (Å²) < 4.78 is 59.7. The van der Waals surface area contributed by atoms with Crippen LogP contribution in [0.3, 0.4) is 0 Å². The first-order chi connectivity index (χ1) is 7.66. The molecule has 0 aliphatic carbocycles. The van der Waals surface area contributed by atoms with E-state index in [9.17, 15) is 26.4 Å². The fourth-order valence-electron chi connectivity index (χ4n) is 1.45. The number of rotatable bonds is 3. The van der Waals surface area contributed by atoms with E-state index in [1.165, 1.54) is 11.8 Å². The molecule has 0 aromatic rings. The van der Waals surface area contributed by atoms with Crippen LogP contribution in [-0.2, 0) is 14.8 Å². The molecular weight excluding hydrogens is 283 g/mol. The molecule has 5 nitrogen and oxygen atoms in total. The lowest BCUT2D eigenvalue weighted by Gasteiger charge is -2.33. The highest BCUT2D eigenvalue weighted by molar-refractivity contribution is 7.99. The smallest absolute Gasteiger partial charge is 0.481 e. The Bertz CT molecular complexity index is 394. The Morgan fingerprint density at radius 1 is 1.47 bits per heavy atom. The lowest BCUT2D eigenvalue weighted by atomic mass is 10.2. The molecule has 0 radical (unpaired) electrons. The molecule has 10 heteroatoms. The predicted octanol–water partition coefficient (Wildman–Crippen LogP) is 0.728. The van der Waals surface area contributed by atoms with Crippen LogP contribution < -0.4 is 0 Å². The summed E-state index contributed by atoms with van der Waals surface area (Å²) in [6.45, 7) is -0.315. The van der Waals surface area contributed by atoms with E-state index in [1.807, 2.05) is 0 Å². The summed E-state index contributed by atoms with van der Waals surface area (Å²) in [7, 11) is -5.44. The van der Waals surface area contributed by atoms with Crippen LogP contribution in [0.2, 0.25) is 0 Å².